The molecule has 0 amide bonds. The van der Waals surface area contributed by atoms with Gasteiger partial charge in [-0.2, -0.15) is 8.62 Å². The Labute approximate surface area is 438 Å². The van der Waals surface area contributed by atoms with Crippen molar-refractivity contribution in [2.75, 3.05) is 6.61 Å². The zero-order valence-corrected chi connectivity index (χ0v) is 43.9. The summed E-state index contributed by atoms with van der Waals surface area (Å²) in [6, 6.07) is 13.8. The Morgan fingerprint density at radius 1 is 0.934 bits per heavy atom. The number of H-pyrrole nitrogens is 1. The number of carbonyl (C=O) groups is 2. The molecule has 7 rings (SSSR count). The van der Waals surface area contributed by atoms with Crippen molar-refractivity contribution in [1.29, 1.82) is 0 Å². The Bertz CT molecular complexity index is 3640. The van der Waals surface area contributed by atoms with Gasteiger partial charge in [0.05, 0.1) is 43.2 Å². The number of rotatable bonds is 19. The Balaban J connectivity index is 1.02. The van der Waals surface area contributed by atoms with E-state index in [0.717, 1.165) is 10.8 Å². The van der Waals surface area contributed by atoms with Crippen LogP contribution in [0.5, 0.6) is 5.75 Å². The van der Waals surface area contributed by atoms with Gasteiger partial charge in [0.15, 0.2) is 17.1 Å². The number of aromatic nitrogens is 2. The molecular weight excluding hydrogens is 1110 g/mol. The number of aromatic amines is 1. The summed E-state index contributed by atoms with van der Waals surface area (Å²) < 4.78 is 65.3. The molecule has 0 radical (unpaired) electrons. The highest BCUT2D eigenvalue weighted by Crippen LogP contribution is 2.66. The minimum Gasteiger partial charge on any atom is -0.506 e. The topological polar surface area (TPSA) is 378 Å². The zero-order valence-electron chi connectivity index (χ0n) is 39.7. The van der Waals surface area contributed by atoms with E-state index in [1.165, 1.54) is 30.3 Å². The van der Waals surface area contributed by atoms with Crippen molar-refractivity contribution in [1.82, 2.24) is 9.55 Å². The molecule has 1 saturated heterocycles. The standard InChI is InChI=1S/C47H45Cl2N2O22P3/c1-22(2)42(68-20-28-18-51(47(60)50-45(28)57)36-17-34(54)35(70-36)21-69-75(64,65)73-76(66,67)72-74(61,62)63)25-10-8-24(9-11-25)6-4-5-7-33(53)26-12-13-29(46(58)59)30(15-26)37-31-14-23(3)40(55)38(48)43(31)71-44-32(37)16-27(19-52)41(56)39(44)49/h8-16,18,22,34-36,42,52,54-55H,5,7,17,19-21H2,1-3H3,(H,58,59)(H,64,65)(H,66,67)(H,50,57,60)(H2,61,62,63)/t34?,35-,36-,42?/m1/s1. The lowest BCUT2D eigenvalue weighted by molar-refractivity contribution is -0.0454. The van der Waals surface area contributed by atoms with Gasteiger partial charge in [0, 0.05) is 58.7 Å². The number of carboxylic acids is 1. The quantitative estimate of drug-likeness (QED) is 0.0173. The summed E-state index contributed by atoms with van der Waals surface area (Å²) in [5.41, 5.74) is -0.974. The average molecular weight is 1150 g/mol. The summed E-state index contributed by atoms with van der Waals surface area (Å²) in [7, 11) is -17.0. The third kappa shape index (κ3) is 13.2. The molecule has 1 aliphatic carbocycles. The molecule has 0 saturated carbocycles. The molecule has 3 aliphatic rings. The minimum absolute atomic E-state index is 0.0327. The molecule has 4 unspecified atom stereocenters. The number of benzene rings is 4. The van der Waals surface area contributed by atoms with Gasteiger partial charge < -0.3 is 53.9 Å². The number of hydrogen-bond acceptors (Lipinski definition) is 17. The molecule has 1 aromatic heterocycles. The van der Waals surface area contributed by atoms with Crippen molar-refractivity contribution in [2.45, 2.75) is 77.8 Å². The van der Waals surface area contributed by atoms with Gasteiger partial charge in [0.1, 0.15) is 28.1 Å². The minimum atomic E-state index is -5.81. The number of aliphatic hydroxyl groups excluding tert-OH is 2. The van der Waals surface area contributed by atoms with E-state index in [1.807, 2.05) is 13.8 Å². The number of carboxylic acid groups (broad SMARTS) is 1. The molecular formula is C47H45Cl2N2O22P3. The maximum atomic E-state index is 13.7. The van der Waals surface area contributed by atoms with Crippen LogP contribution in [0, 0.1) is 24.7 Å². The van der Waals surface area contributed by atoms with Crippen LogP contribution < -0.4 is 16.7 Å². The molecule has 0 spiro atoms. The second kappa shape index (κ2) is 23.1. The molecule has 6 atom stereocenters. The first kappa shape index (κ1) is 58.1. The number of nitrogens with zero attached hydrogens (tertiary/aromatic N) is 1. The van der Waals surface area contributed by atoms with Crippen LogP contribution in [0.15, 0.2) is 79.6 Å². The highest BCUT2D eigenvalue weighted by atomic mass is 35.5. The number of aliphatic hydroxyl groups is 2. The molecule has 404 valence electrons. The van der Waals surface area contributed by atoms with Gasteiger partial charge in [-0.1, -0.05) is 67.1 Å². The molecule has 3 heterocycles. The van der Waals surface area contributed by atoms with E-state index in [4.69, 9.17) is 46.9 Å². The number of aryl methyl sites for hydroxylation is 1. The Kier molecular flexibility index (Phi) is 17.7. The summed E-state index contributed by atoms with van der Waals surface area (Å²) in [5.74, 6) is 3.54. The molecule has 76 heavy (non-hydrogen) atoms. The van der Waals surface area contributed by atoms with E-state index in [2.05, 4.69) is 30.0 Å². The lowest BCUT2D eigenvalue weighted by Crippen LogP contribution is -2.34. The van der Waals surface area contributed by atoms with Crippen LogP contribution in [0.25, 0.3) is 33.4 Å². The molecule has 4 aromatic rings. The van der Waals surface area contributed by atoms with Crippen molar-refractivity contribution in [3.63, 3.8) is 0 Å². The number of halogens is 2. The van der Waals surface area contributed by atoms with Crippen LogP contribution >= 0.6 is 46.7 Å². The molecule has 9 N–H and O–H groups in total. The predicted molar refractivity (Wildman–Crippen MR) is 269 cm³/mol. The summed E-state index contributed by atoms with van der Waals surface area (Å²) >= 11 is 13.0. The maximum absolute atomic E-state index is 13.7. The van der Waals surface area contributed by atoms with Gasteiger partial charge in [-0.15, -0.1) is 0 Å². The third-order valence-electron chi connectivity index (χ3n) is 11.7. The van der Waals surface area contributed by atoms with Crippen molar-refractivity contribution in [3.05, 3.63) is 141 Å². The van der Waals surface area contributed by atoms with Gasteiger partial charge in [0.25, 0.3) is 5.56 Å². The third-order valence-corrected chi connectivity index (χ3v) is 16.2. The number of phosphoric acid groups is 3. The molecule has 3 aromatic carbocycles. The summed E-state index contributed by atoms with van der Waals surface area (Å²) in [6.07, 6.45) is -3.99. The molecule has 0 bridgehead atoms. The van der Waals surface area contributed by atoms with Crippen molar-refractivity contribution in [3.8, 4) is 40.0 Å². The van der Waals surface area contributed by atoms with Crippen molar-refractivity contribution in [2.24, 2.45) is 5.92 Å². The van der Waals surface area contributed by atoms with Crippen LogP contribution in [0.1, 0.15) is 94.0 Å². The number of aromatic carboxylic acids is 1. The summed E-state index contributed by atoms with van der Waals surface area (Å²) in [6.45, 7) is 3.27. The number of nitrogens with one attached hydrogen (secondary N) is 1. The van der Waals surface area contributed by atoms with E-state index in [9.17, 15) is 67.9 Å². The fraction of sp³-hybridized carbons (Fsp3) is 0.298. The lowest BCUT2D eigenvalue weighted by Gasteiger charge is -2.22. The van der Waals surface area contributed by atoms with Gasteiger partial charge in [-0.25, -0.2) is 23.3 Å². The normalized spacial score (nSPS) is 17.8. The Morgan fingerprint density at radius 2 is 1.63 bits per heavy atom. The largest absolute Gasteiger partial charge is 0.506 e. The number of Topliss-reactive ketones (excluding diaryl/α,β-unsaturated/α-hetero) is 1. The first-order valence-electron chi connectivity index (χ1n) is 22.4. The first-order chi connectivity index (χ1) is 35.6. The first-order valence-corrected chi connectivity index (χ1v) is 27.6. The number of hydrogen-bond donors (Lipinski definition) is 9. The molecule has 29 heteroatoms. The van der Waals surface area contributed by atoms with Crippen LogP contribution in [0.4, 0.5) is 0 Å². The number of aromatic hydroxyl groups is 1. The van der Waals surface area contributed by atoms with Gasteiger partial charge in [-0.3, -0.25) is 28.5 Å². The highest BCUT2D eigenvalue weighted by molar-refractivity contribution is 7.66. The van der Waals surface area contributed by atoms with Crippen LogP contribution in [-0.2, 0) is 49.5 Å². The summed E-state index contributed by atoms with van der Waals surface area (Å²) in [4.78, 5) is 104. The Morgan fingerprint density at radius 3 is 2.28 bits per heavy atom. The Hall–Kier alpha value is -5.64. The lowest BCUT2D eigenvalue weighted by atomic mass is 9.87. The van der Waals surface area contributed by atoms with Crippen LogP contribution in [0.2, 0.25) is 10.0 Å². The van der Waals surface area contributed by atoms with Crippen molar-refractivity contribution < 1.29 is 90.3 Å². The zero-order chi connectivity index (χ0) is 55.8. The highest BCUT2D eigenvalue weighted by Gasteiger charge is 2.43. The van der Waals surface area contributed by atoms with E-state index in [0.29, 0.717) is 16.7 Å². The predicted octanol–water partition coefficient (Wildman–Crippen LogP) is 6.85. The van der Waals surface area contributed by atoms with Crippen LogP contribution in [0.3, 0.4) is 0 Å². The molecule has 2 aliphatic heterocycles. The van der Waals surface area contributed by atoms with E-state index < -0.39 is 94.7 Å². The van der Waals surface area contributed by atoms with Gasteiger partial charge in [-0.05, 0) is 65.9 Å². The number of carbonyl (C=O) groups excluding carboxylic acids is 1. The number of fused-ring (bicyclic) bond motifs is 2. The number of ether oxygens (including phenoxy) is 2. The molecule has 1 fully saturated rings. The second-order valence-electron chi connectivity index (χ2n) is 17.5. The second-order valence-corrected chi connectivity index (χ2v) is 22.6. The average Bonchev–Trinajstić information content (AvgIpc) is 3.72. The van der Waals surface area contributed by atoms with Crippen LogP contribution in [-0.4, -0.2) is 80.1 Å². The number of phenols is 1. The van der Waals surface area contributed by atoms with Crippen molar-refractivity contribution >= 4 is 69.4 Å². The smallest absolute Gasteiger partial charge is 0.490 e. The van der Waals surface area contributed by atoms with Gasteiger partial charge >= 0.3 is 35.1 Å². The summed E-state index contributed by atoms with van der Waals surface area (Å²) in [5, 5.41) is 41.1. The number of phosphoric ester groups is 1. The van der Waals surface area contributed by atoms with E-state index in [-0.39, 0.29) is 98.2 Å². The maximum Gasteiger partial charge on any atom is 0.490 e. The fourth-order valence-electron chi connectivity index (χ4n) is 8.20. The fourth-order valence-corrected chi connectivity index (χ4v) is 11.8. The van der Waals surface area contributed by atoms with Gasteiger partial charge in [0.2, 0.25) is 5.43 Å². The van der Waals surface area contributed by atoms with E-state index in [1.54, 1.807) is 31.2 Å². The SMILES string of the molecule is Cc1cc2c(-c3cc(C(=O)CCC#Cc4ccc(C(OCc5cn([C@H]6CC(O)[C@@H](COP(=O)(O)OP(=O)(O)OP(=O)(O)O)O6)c(=O)[nH]c5=O)C(C)C)cc4)ccc3C(=O)O)c3cc(CO)c(=O)c(Cl)c-3oc2c(Cl)c1O. The number of ketones is 1. The monoisotopic (exact) mass is 1150 g/mol. The molecule has 24 nitrogen and oxygen atoms in total. The number of phenolic OH excluding ortho intramolecular Hbond substituents is 1. The van der Waals surface area contributed by atoms with E-state index >= 15 is 0 Å².